The lowest BCUT2D eigenvalue weighted by Crippen LogP contribution is -2.24. The summed E-state index contributed by atoms with van der Waals surface area (Å²) >= 11 is 0. The van der Waals surface area contributed by atoms with E-state index in [4.69, 9.17) is 0 Å². The van der Waals surface area contributed by atoms with Crippen molar-refractivity contribution < 1.29 is 4.39 Å². The molecule has 0 bridgehead atoms. The molecule has 1 aromatic carbocycles. The first-order chi connectivity index (χ1) is 10.7. The summed E-state index contributed by atoms with van der Waals surface area (Å²) in [6.45, 7) is 2.91. The zero-order valence-corrected chi connectivity index (χ0v) is 12.4. The van der Waals surface area contributed by atoms with Gasteiger partial charge in [0.25, 0.3) is 0 Å². The normalized spacial score (nSPS) is 18.3. The van der Waals surface area contributed by atoms with Crippen LogP contribution in [0.25, 0.3) is 5.52 Å². The Balaban J connectivity index is 1.80. The van der Waals surface area contributed by atoms with E-state index in [-0.39, 0.29) is 11.9 Å². The summed E-state index contributed by atoms with van der Waals surface area (Å²) in [5, 5.41) is 4.45. The molecule has 22 heavy (non-hydrogen) atoms. The maximum Gasteiger partial charge on any atom is 0.155 e. The molecule has 1 fully saturated rings. The van der Waals surface area contributed by atoms with Gasteiger partial charge in [-0.15, -0.1) is 0 Å². The number of aryl methyl sites for hydroxylation is 1. The zero-order valence-electron chi connectivity index (χ0n) is 12.4. The molecule has 1 unspecified atom stereocenters. The first-order valence-corrected chi connectivity index (χ1v) is 7.55. The van der Waals surface area contributed by atoms with E-state index in [2.05, 4.69) is 15.0 Å². The average molecular weight is 296 g/mol. The molecule has 3 heterocycles. The van der Waals surface area contributed by atoms with E-state index >= 15 is 0 Å². The monoisotopic (exact) mass is 296 g/mol. The van der Waals surface area contributed by atoms with Crippen LogP contribution >= 0.6 is 0 Å². The Hall–Kier alpha value is -2.43. The van der Waals surface area contributed by atoms with Gasteiger partial charge in [-0.05, 0) is 43.5 Å². The van der Waals surface area contributed by atoms with Crippen molar-refractivity contribution in [3.63, 3.8) is 0 Å². The van der Waals surface area contributed by atoms with E-state index in [1.165, 1.54) is 6.07 Å². The molecular weight excluding hydrogens is 279 g/mol. The molecule has 5 heteroatoms. The second-order valence-electron chi connectivity index (χ2n) is 5.77. The highest BCUT2D eigenvalue weighted by Crippen LogP contribution is 2.37. The zero-order chi connectivity index (χ0) is 15.1. The number of fused-ring (bicyclic) bond motifs is 1. The fourth-order valence-corrected chi connectivity index (χ4v) is 3.33. The Kier molecular flexibility index (Phi) is 3.06. The highest BCUT2D eigenvalue weighted by Gasteiger charge is 2.28. The molecule has 2 aromatic heterocycles. The third-order valence-electron chi connectivity index (χ3n) is 4.25. The fraction of sp³-hybridized carbons (Fsp3) is 0.294. The van der Waals surface area contributed by atoms with Crippen molar-refractivity contribution in [2.75, 3.05) is 11.4 Å². The molecule has 1 saturated heterocycles. The summed E-state index contributed by atoms with van der Waals surface area (Å²) in [4.78, 5) is 6.84. The van der Waals surface area contributed by atoms with Crippen LogP contribution < -0.4 is 4.90 Å². The minimum absolute atomic E-state index is 0.171. The second kappa shape index (κ2) is 5.09. The number of aromatic nitrogens is 3. The van der Waals surface area contributed by atoms with Crippen LogP contribution in [0.1, 0.15) is 30.1 Å². The van der Waals surface area contributed by atoms with Crippen LogP contribution in [0.5, 0.6) is 0 Å². The summed E-state index contributed by atoms with van der Waals surface area (Å²) in [6, 6.07) is 9.10. The van der Waals surface area contributed by atoms with Crippen LogP contribution in [0.2, 0.25) is 0 Å². The van der Waals surface area contributed by atoms with Gasteiger partial charge in [-0.25, -0.2) is 13.9 Å². The minimum Gasteiger partial charge on any atom is -0.348 e. The van der Waals surface area contributed by atoms with E-state index in [0.717, 1.165) is 42.0 Å². The van der Waals surface area contributed by atoms with Crippen molar-refractivity contribution in [2.45, 2.75) is 25.8 Å². The highest BCUT2D eigenvalue weighted by atomic mass is 19.1. The average Bonchev–Trinajstić information content (AvgIpc) is 3.11. The second-order valence-corrected chi connectivity index (χ2v) is 5.77. The SMILES string of the molecule is Cc1cc2c(N3CCCC3c3cccc(F)c3)nccn2n1. The Labute approximate surface area is 128 Å². The van der Waals surface area contributed by atoms with Crippen LogP contribution in [-0.4, -0.2) is 21.1 Å². The molecule has 4 nitrogen and oxygen atoms in total. The number of rotatable bonds is 2. The number of hydrogen-bond acceptors (Lipinski definition) is 3. The number of anilines is 1. The van der Waals surface area contributed by atoms with Gasteiger partial charge in [0, 0.05) is 18.9 Å². The van der Waals surface area contributed by atoms with Crippen LogP contribution in [0.15, 0.2) is 42.7 Å². The maximum absolute atomic E-state index is 13.6. The maximum atomic E-state index is 13.6. The van der Waals surface area contributed by atoms with Gasteiger partial charge in [0.1, 0.15) is 11.3 Å². The summed E-state index contributed by atoms with van der Waals surface area (Å²) < 4.78 is 15.4. The van der Waals surface area contributed by atoms with Gasteiger partial charge in [-0.2, -0.15) is 5.10 Å². The number of halogens is 1. The molecule has 0 radical (unpaired) electrons. The predicted octanol–water partition coefficient (Wildman–Crippen LogP) is 3.52. The van der Waals surface area contributed by atoms with Crippen LogP contribution in [0.4, 0.5) is 10.2 Å². The molecule has 112 valence electrons. The summed E-state index contributed by atoms with van der Waals surface area (Å²) in [5.74, 6) is 0.741. The molecule has 4 rings (SSSR count). The molecule has 0 N–H and O–H groups in total. The molecule has 1 atom stereocenters. The lowest BCUT2D eigenvalue weighted by Gasteiger charge is -2.26. The van der Waals surface area contributed by atoms with Crippen LogP contribution in [0.3, 0.4) is 0 Å². The lowest BCUT2D eigenvalue weighted by molar-refractivity contribution is 0.618. The highest BCUT2D eigenvalue weighted by molar-refractivity contribution is 5.70. The molecule has 1 aliphatic rings. The van der Waals surface area contributed by atoms with E-state index in [1.807, 2.05) is 29.8 Å². The number of hydrogen-bond donors (Lipinski definition) is 0. The van der Waals surface area contributed by atoms with Crippen molar-refractivity contribution in [3.05, 3.63) is 59.8 Å². The van der Waals surface area contributed by atoms with Gasteiger partial charge in [-0.1, -0.05) is 12.1 Å². The molecule has 3 aromatic rings. The minimum atomic E-state index is -0.185. The van der Waals surface area contributed by atoms with E-state index in [0.29, 0.717) is 0 Å². The van der Waals surface area contributed by atoms with Crippen molar-refractivity contribution in [1.82, 2.24) is 14.6 Å². The van der Waals surface area contributed by atoms with E-state index < -0.39 is 0 Å². The van der Waals surface area contributed by atoms with E-state index in [1.54, 1.807) is 18.3 Å². The van der Waals surface area contributed by atoms with Crippen LogP contribution in [0, 0.1) is 12.7 Å². The van der Waals surface area contributed by atoms with Gasteiger partial charge in [-0.3, -0.25) is 0 Å². The third kappa shape index (κ3) is 2.13. The molecule has 0 aliphatic carbocycles. The Morgan fingerprint density at radius 3 is 3.05 bits per heavy atom. The van der Waals surface area contributed by atoms with Crippen LogP contribution in [-0.2, 0) is 0 Å². The summed E-state index contributed by atoms with van der Waals surface area (Å²) in [5.41, 5.74) is 2.98. The third-order valence-corrected chi connectivity index (χ3v) is 4.25. The van der Waals surface area contributed by atoms with Crippen molar-refractivity contribution >= 4 is 11.3 Å². The Bertz CT molecular complexity index is 826. The molecule has 0 saturated carbocycles. The van der Waals surface area contributed by atoms with Gasteiger partial charge in [0.15, 0.2) is 5.82 Å². The smallest absolute Gasteiger partial charge is 0.155 e. The van der Waals surface area contributed by atoms with Gasteiger partial charge in [0.2, 0.25) is 0 Å². The molecule has 1 aliphatic heterocycles. The van der Waals surface area contributed by atoms with Crippen molar-refractivity contribution in [3.8, 4) is 0 Å². The van der Waals surface area contributed by atoms with Gasteiger partial charge >= 0.3 is 0 Å². The van der Waals surface area contributed by atoms with Crippen molar-refractivity contribution in [1.29, 1.82) is 0 Å². The first-order valence-electron chi connectivity index (χ1n) is 7.55. The van der Waals surface area contributed by atoms with Crippen molar-refractivity contribution in [2.24, 2.45) is 0 Å². The Morgan fingerprint density at radius 2 is 2.18 bits per heavy atom. The summed E-state index contributed by atoms with van der Waals surface area (Å²) in [7, 11) is 0. The van der Waals surface area contributed by atoms with Gasteiger partial charge < -0.3 is 4.90 Å². The molecule has 0 spiro atoms. The quantitative estimate of drug-likeness (QED) is 0.725. The number of benzene rings is 1. The topological polar surface area (TPSA) is 33.4 Å². The standard InChI is InChI=1S/C17H17FN4/c1-12-10-16-17(19-7-9-22(16)20-12)21-8-3-6-15(21)13-4-2-5-14(18)11-13/h2,4-5,7,9-11,15H,3,6,8H2,1H3. The fourth-order valence-electron chi connectivity index (χ4n) is 3.33. The first kappa shape index (κ1) is 13.2. The molecular formula is C17H17FN4. The van der Waals surface area contributed by atoms with E-state index in [9.17, 15) is 4.39 Å². The summed E-state index contributed by atoms with van der Waals surface area (Å²) in [6.07, 6.45) is 5.73. The Morgan fingerprint density at radius 1 is 1.27 bits per heavy atom. The van der Waals surface area contributed by atoms with Gasteiger partial charge in [0.05, 0.1) is 11.7 Å². The lowest BCUT2D eigenvalue weighted by atomic mass is 10.0. The largest absolute Gasteiger partial charge is 0.348 e. The molecule has 0 amide bonds. The number of nitrogens with zero attached hydrogens (tertiary/aromatic N) is 4. The predicted molar refractivity (Wildman–Crippen MR) is 83.4 cm³/mol.